The number of nitrogens with zero attached hydrogens (tertiary/aromatic N) is 1. The third kappa shape index (κ3) is 4.56. The zero-order valence-corrected chi connectivity index (χ0v) is 15.2. The molecule has 1 aliphatic rings. The van der Waals surface area contributed by atoms with Crippen LogP contribution in [0.2, 0.25) is 0 Å². The molecule has 132 valence electrons. The van der Waals surface area contributed by atoms with Gasteiger partial charge in [0.05, 0.1) is 5.76 Å². The van der Waals surface area contributed by atoms with E-state index in [0.717, 1.165) is 25.1 Å². The zero-order chi connectivity index (χ0) is 17.8. The van der Waals surface area contributed by atoms with E-state index in [4.69, 9.17) is 4.74 Å². The Morgan fingerprint density at radius 3 is 2.48 bits per heavy atom. The number of ether oxygens (including phenoxy) is 1. The Kier molecular flexibility index (Phi) is 5.32. The minimum absolute atomic E-state index is 0.269. The average molecular weight is 337 g/mol. The Bertz CT molecular complexity index is 716. The van der Waals surface area contributed by atoms with Crippen molar-refractivity contribution >= 4 is 5.69 Å². The molecule has 0 amide bonds. The maximum atomic E-state index is 9.50. The number of benzene rings is 2. The van der Waals surface area contributed by atoms with Crippen LogP contribution in [0, 0.1) is 13.8 Å². The molecule has 0 bridgehead atoms. The number of hydrogen-bond acceptors (Lipinski definition) is 3. The Labute approximate surface area is 150 Å². The van der Waals surface area contributed by atoms with E-state index in [1.165, 1.54) is 22.4 Å². The molecule has 1 atom stereocenters. The van der Waals surface area contributed by atoms with E-state index in [2.05, 4.69) is 55.7 Å². The van der Waals surface area contributed by atoms with Gasteiger partial charge in [-0.3, -0.25) is 0 Å². The highest BCUT2D eigenvalue weighted by Crippen LogP contribution is 2.30. The van der Waals surface area contributed by atoms with Gasteiger partial charge in [-0.05, 0) is 56.5 Å². The molecule has 1 fully saturated rings. The lowest BCUT2D eigenvalue weighted by molar-refractivity contribution is 0.306. The van der Waals surface area contributed by atoms with E-state index in [1.807, 2.05) is 12.1 Å². The van der Waals surface area contributed by atoms with Gasteiger partial charge < -0.3 is 14.7 Å². The standard InChI is InChI=1S/C22H27NO2/c1-16-11-17(2)13-19(12-16)15-25-22-8-6-20(7-9-22)23-10-4-5-21(23)14-18(3)24/h6-9,11-13,21,24H,3-5,10,14-15H2,1-2H3. The molecule has 0 saturated carbocycles. The first-order valence-electron chi connectivity index (χ1n) is 8.95. The minimum atomic E-state index is 0.269. The summed E-state index contributed by atoms with van der Waals surface area (Å²) in [5.41, 5.74) is 4.91. The molecule has 0 aromatic heterocycles. The van der Waals surface area contributed by atoms with Crippen LogP contribution in [-0.2, 0) is 6.61 Å². The molecule has 0 radical (unpaired) electrons. The summed E-state index contributed by atoms with van der Waals surface area (Å²) in [4.78, 5) is 2.36. The first-order valence-corrected chi connectivity index (χ1v) is 8.95. The second-order valence-electron chi connectivity index (χ2n) is 7.04. The third-order valence-electron chi connectivity index (χ3n) is 4.70. The van der Waals surface area contributed by atoms with Crippen molar-refractivity contribution in [1.29, 1.82) is 0 Å². The van der Waals surface area contributed by atoms with Crippen molar-refractivity contribution < 1.29 is 9.84 Å². The summed E-state index contributed by atoms with van der Waals surface area (Å²) in [7, 11) is 0. The maximum Gasteiger partial charge on any atom is 0.119 e. The van der Waals surface area contributed by atoms with Crippen LogP contribution in [0.15, 0.2) is 54.8 Å². The zero-order valence-electron chi connectivity index (χ0n) is 15.2. The molecule has 0 spiro atoms. The highest BCUT2D eigenvalue weighted by atomic mass is 16.5. The van der Waals surface area contributed by atoms with Gasteiger partial charge in [-0.1, -0.05) is 35.9 Å². The van der Waals surface area contributed by atoms with Crippen LogP contribution in [0.25, 0.3) is 0 Å². The number of rotatable bonds is 6. The number of anilines is 1. The third-order valence-corrected chi connectivity index (χ3v) is 4.70. The van der Waals surface area contributed by atoms with Crippen molar-refractivity contribution in [1.82, 2.24) is 0 Å². The minimum Gasteiger partial charge on any atom is -0.513 e. The molecule has 3 heteroatoms. The molecule has 3 nitrogen and oxygen atoms in total. The SMILES string of the molecule is C=C(O)CC1CCCN1c1ccc(OCc2cc(C)cc(C)c2)cc1. The fourth-order valence-electron chi connectivity index (χ4n) is 3.71. The predicted octanol–water partition coefficient (Wildman–Crippen LogP) is 5.31. The maximum absolute atomic E-state index is 9.50. The molecular formula is C22H27NO2. The average Bonchev–Trinajstić information content (AvgIpc) is 3.00. The topological polar surface area (TPSA) is 32.7 Å². The normalized spacial score (nSPS) is 16.9. The second-order valence-corrected chi connectivity index (χ2v) is 7.04. The van der Waals surface area contributed by atoms with Gasteiger partial charge in [0.15, 0.2) is 0 Å². The first-order chi connectivity index (χ1) is 12.0. The van der Waals surface area contributed by atoms with E-state index in [1.54, 1.807) is 0 Å². The van der Waals surface area contributed by atoms with Gasteiger partial charge >= 0.3 is 0 Å². The van der Waals surface area contributed by atoms with Crippen molar-refractivity contribution in [3.63, 3.8) is 0 Å². The lowest BCUT2D eigenvalue weighted by Crippen LogP contribution is -2.29. The Morgan fingerprint density at radius 2 is 1.84 bits per heavy atom. The quantitative estimate of drug-likeness (QED) is 0.725. The Balaban J connectivity index is 1.63. The molecule has 0 aliphatic carbocycles. The molecule has 2 aromatic rings. The van der Waals surface area contributed by atoms with Crippen LogP contribution in [0.4, 0.5) is 5.69 Å². The number of aliphatic hydroxyl groups excluding tert-OH is 1. The highest BCUT2D eigenvalue weighted by Gasteiger charge is 2.25. The summed E-state index contributed by atoms with van der Waals surface area (Å²) in [6.45, 7) is 9.47. The Morgan fingerprint density at radius 1 is 1.16 bits per heavy atom. The van der Waals surface area contributed by atoms with E-state index in [0.29, 0.717) is 19.1 Å². The van der Waals surface area contributed by atoms with E-state index in [-0.39, 0.29) is 5.76 Å². The fourth-order valence-corrected chi connectivity index (χ4v) is 3.71. The van der Waals surface area contributed by atoms with Crippen molar-refractivity contribution in [3.8, 4) is 5.75 Å². The second kappa shape index (κ2) is 7.64. The highest BCUT2D eigenvalue weighted by molar-refractivity contribution is 5.51. The van der Waals surface area contributed by atoms with Crippen molar-refractivity contribution in [2.75, 3.05) is 11.4 Å². The molecule has 1 aliphatic heterocycles. The summed E-state index contributed by atoms with van der Waals surface area (Å²) in [6.07, 6.45) is 2.90. The van der Waals surface area contributed by atoms with Crippen LogP contribution in [0.3, 0.4) is 0 Å². The molecule has 1 unspecified atom stereocenters. The van der Waals surface area contributed by atoms with Crippen LogP contribution in [0.1, 0.15) is 36.0 Å². The van der Waals surface area contributed by atoms with Gasteiger partial charge in [0.2, 0.25) is 0 Å². The van der Waals surface area contributed by atoms with Crippen molar-refractivity contribution in [3.05, 3.63) is 71.5 Å². The molecule has 25 heavy (non-hydrogen) atoms. The molecule has 1 heterocycles. The van der Waals surface area contributed by atoms with E-state index < -0.39 is 0 Å². The van der Waals surface area contributed by atoms with Crippen molar-refractivity contribution in [2.45, 2.75) is 45.8 Å². The Hall–Kier alpha value is -2.42. The van der Waals surface area contributed by atoms with Gasteiger partial charge in [-0.2, -0.15) is 0 Å². The number of aryl methyl sites for hydroxylation is 2. The monoisotopic (exact) mass is 337 g/mol. The molecular weight excluding hydrogens is 310 g/mol. The molecule has 2 aromatic carbocycles. The summed E-state index contributed by atoms with van der Waals surface area (Å²) in [5, 5.41) is 9.50. The smallest absolute Gasteiger partial charge is 0.119 e. The molecule has 3 rings (SSSR count). The van der Waals surface area contributed by atoms with E-state index >= 15 is 0 Å². The summed E-state index contributed by atoms with van der Waals surface area (Å²) >= 11 is 0. The summed E-state index contributed by atoms with van der Waals surface area (Å²) in [6, 6.07) is 15.1. The van der Waals surface area contributed by atoms with Gasteiger partial charge in [0.25, 0.3) is 0 Å². The van der Waals surface area contributed by atoms with E-state index in [9.17, 15) is 5.11 Å². The van der Waals surface area contributed by atoms with Gasteiger partial charge in [-0.25, -0.2) is 0 Å². The van der Waals surface area contributed by atoms with Crippen LogP contribution in [-0.4, -0.2) is 17.7 Å². The lowest BCUT2D eigenvalue weighted by atomic mass is 10.1. The first kappa shape index (κ1) is 17.4. The van der Waals surface area contributed by atoms with Crippen LogP contribution >= 0.6 is 0 Å². The summed E-state index contributed by atoms with van der Waals surface area (Å²) in [5.74, 6) is 1.15. The van der Waals surface area contributed by atoms with Crippen LogP contribution < -0.4 is 9.64 Å². The summed E-state index contributed by atoms with van der Waals surface area (Å²) < 4.78 is 5.94. The van der Waals surface area contributed by atoms with Gasteiger partial charge in [-0.15, -0.1) is 0 Å². The number of aliphatic hydroxyl groups is 1. The molecule has 1 N–H and O–H groups in total. The van der Waals surface area contributed by atoms with Crippen LogP contribution in [0.5, 0.6) is 5.75 Å². The lowest BCUT2D eigenvalue weighted by Gasteiger charge is -2.26. The van der Waals surface area contributed by atoms with Crippen molar-refractivity contribution in [2.24, 2.45) is 0 Å². The van der Waals surface area contributed by atoms with Gasteiger partial charge in [0, 0.05) is 24.7 Å². The predicted molar refractivity (Wildman–Crippen MR) is 103 cm³/mol. The van der Waals surface area contributed by atoms with Gasteiger partial charge in [0.1, 0.15) is 12.4 Å². The molecule has 1 saturated heterocycles. The number of hydrogen-bond donors (Lipinski definition) is 1. The fraction of sp³-hybridized carbons (Fsp3) is 0.364. The largest absolute Gasteiger partial charge is 0.513 e.